The van der Waals surface area contributed by atoms with E-state index in [0.717, 1.165) is 0 Å². The van der Waals surface area contributed by atoms with Crippen molar-refractivity contribution in [1.82, 2.24) is 0 Å². The van der Waals surface area contributed by atoms with E-state index in [1.165, 1.54) is 6.20 Å². The summed E-state index contributed by atoms with van der Waals surface area (Å²) in [6, 6.07) is 0. The highest BCUT2D eigenvalue weighted by molar-refractivity contribution is 8.25. The van der Waals surface area contributed by atoms with Gasteiger partial charge in [-0.05, 0) is 5.92 Å². The molecule has 0 aromatic rings. The van der Waals surface area contributed by atoms with E-state index in [2.05, 4.69) is 4.99 Å². The van der Waals surface area contributed by atoms with Crippen LogP contribution in [0.15, 0.2) is 17.3 Å². The van der Waals surface area contributed by atoms with E-state index in [4.69, 9.17) is 10.7 Å². The SMILES string of the molecule is CC1C=CN=C(S(=O)(=O)Cl)C1. The van der Waals surface area contributed by atoms with E-state index < -0.39 is 9.05 Å². The third kappa shape index (κ3) is 2.31. The molecule has 0 fully saturated rings. The summed E-state index contributed by atoms with van der Waals surface area (Å²) in [5.74, 6) is 0.205. The Labute approximate surface area is 70.2 Å². The molecule has 62 valence electrons. The highest BCUT2D eigenvalue weighted by Crippen LogP contribution is 2.16. The number of rotatable bonds is 0. The van der Waals surface area contributed by atoms with Gasteiger partial charge in [0.2, 0.25) is 0 Å². The predicted molar refractivity (Wildman–Crippen MR) is 45.1 cm³/mol. The van der Waals surface area contributed by atoms with Gasteiger partial charge in [0.25, 0.3) is 9.05 Å². The molecule has 1 aliphatic rings. The summed E-state index contributed by atoms with van der Waals surface area (Å²) in [7, 11) is 1.50. The maximum absolute atomic E-state index is 10.7. The third-order valence-corrected chi connectivity index (χ3v) is 2.78. The Hall–Kier alpha value is -0.350. The van der Waals surface area contributed by atoms with E-state index in [1.54, 1.807) is 0 Å². The summed E-state index contributed by atoms with van der Waals surface area (Å²) in [6.45, 7) is 1.91. The molecule has 1 unspecified atom stereocenters. The van der Waals surface area contributed by atoms with Crippen LogP contribution in [0.2, 0.25) is 0 Å². The second-order valence-corrected chi connectivity index (χ2v) is 5.05. The van der Waals surface area contributed by atoms with Crippen LogP contribution in [-0.2, 0) is 9.05 Å². The Bertz CT molecular complexity index is 305. The van der Waals surface area contributed by atoms with Crippen molar-refractivity contribution in [2.75, 3.05) is 0 Å². The lowest BCUT2D eigenvalue weighted by atomic mass is 10.1. The molecular weight excluding hydrogens is 186 g/mol. The van der Waals surface area contributed by atoms with E-state index >= 15 is 0 Å². The second-order valence-electron chi connectivity index (χ2n) is 2.48. The van der Waals surface area contributed by atoms with Gasteiger partial charge in [0.1, 0.15) is 5.04 Å². The van der Waals surface area contributed by atoms with Crippen LogP contribution >= 0.6 is 10.7 Å². The highest BCUT2D eigenvalue weighted by Gasteiger charge is 2.19. The molecule has 0 saturated heterocycles. The Morgan fingerprint density at radius 1 is 1.73 bits per heavy atom. The van der Waals surface area contributed by atoms with Gasteiger partial charge in [0, 0.05) is 23.3 Å². The second kappa shape index (κ2) is 2.95. The molecule has 0 saturated carbocycles. The monoisotopic (exact) mass is 193 g/mol. The molecule has 3 nitrogen and oxygen atoms in total. The maximum Gasteiger partial charge on any atom is 0.274 e. The summed E-state index contributed by atoms with van der Waals surface area (Å²) >= 11 is 0. The summed E-state index contributed by atoms with van der Waals surface area (Å²) in [5.41, 5.74) is 0. The lowest BCUT2D eigenvalue weighted by Gasteiger charge is -2.09. The van der Waals surface area contributed by atoms with E-state index in [0.29, 0.717) is 6.42 Å². The number of allylic oxidation sites excluding steroid dienone is 1. The van der Waals surface area contributed by atoms with Crippen LogP contribution in [0.5, 0.6) is 0 Å². The molecule has 11 heavy (non-hydrogen) atoms. The Balaban J connectivity index is 2.92. The summed E-state index contributed by atoms with van der Waals surface area (Å²) in [6.07, 6.45) is 3.72. The number of hydrogen-bond donors (Lipinski definition) is 0. The fourth-order valence-corrected chi connectivity index (χ4v) is 1.79. The molecule has 0 bridgehead atoms. The molecule has 0 aromatic heterocycles. The van der Waals surface area contributed by atoms with Gasteiger partial charge < -0.3 is 0 Å². The molecule has 0 N–H and O–H groups in total. The molecule has 0 radical (unpaired) electrons. The van der Waals surface area contributed by atoms with Crippen LogP contribution < -0.4 is 0 Å². The summed E-state index contributed by atoms with van der Waals surface area (Å²) in [4.78, 5) is 3.67. The average Bonchev–Trinajstić information content (AvgIpc) is 1.86. The van der Waals surface area contributed by atoms with Gasteiger partial charge in [-0.1, -0.05) is 13.0 Å². The van der Waals surface area contributed by atoms with Crippen molar-refractivity contribution in [3.05, 3.63) is 12.3 Å². The quantitative estimate of drug-likeness (QED) is 0.548. The van der Waals surface area contributed by atoms with Gasteiger partial charge in [0.05, 0.1) is 0 Å². The van der Waals surface area contributed by atoms with Crippen molar-refractivity contribution in [1.29, 1.82) is 0 Å². The topological polar surface area (TPSA) is 46.5 Å². The molecule has 1 atom stereocenters. The first-order valence-electron chi connectivity index (χ1n) is 3.18. The molecule has 1 aliphatic heterocycles. The zero-order chi connectivity index (χ0) is 8.48. The third-order valence-electron chi connectivity index (χ3n) is 1.41. The van der Waals surface area contributed by atoms with Crippen LogP contribution in [0.1, 0.15) is 13.3 Å². The predicted octanol–water partition coefficient (Wildman–Crippen LogP) is 1.51. The van der Waals surface area contributed by atoms with Gasteiger partial charge in [-0.2, -0.15) is 0 Å². The number of hydrogen-bond acceptors (Lipinski definition) is 3. The van der Waals surface area contributed by atoms with Crippen LogP contribution in [0.4, 0.5) is 0 Å². The van der Waals surface area contributed by atoms with Crippen LogP contribution in [0, 0.1) is 5.92 Å². The van der Waals surface area contributed by atoms with Gasteiger partial charge in [-0.15, -0.1) is 0 Å². The largest absolute Gasteiger partial charge is 0.274 e. The van der Waals surface area contributed by atoms with Gasteiger partial charge in [0.15, 0.2) is 0 Å². The molecular formula is C6H8ClNO2S. The molecule has 0 aliphatic carbocycles. The number of halogens is 1. The molecule has 0 aromatic carbocycles. The van der Waals surface area contributed by atoms with Crippen molar-refractivity contribution in [3.8, 4) is 0 Å². The van der Waals surface area contributed by atoms with Crippen LogP contribution in [0.25, 0.3) is 0 Å². The zero-order valence-electron chi connectivity index (χ0n) is 5.99. The summed E-state index contributed by atoms with van der Waals surface area (Å²) < 4.78 is 21.5. The smallest absolute Gasteiger partial charge is 0.248 e. The standard InChI is InChI=1S/C6H8ClNO2S/c1-5-2-3-8-6(4-5)11(7,9)10/h2-3,5H,4H2,1H3. The van der Waals surface area contributed by atoms with E-state index in [9.17, 15) is 8.42 Å². The fourth-order valence-electron chi connectivity index (χ4n) is 0.832. The Kier molecular flexibility index (Phi) is 2.34. The Morgan fingerprint density at radius 3 is 2.73 bits per heavy atom. The van der Waals surface area contributed by atoms with Crippen molar-refractivity contribution in [2.24, 2.45) is 10.9 Å². The first-order valence-corrected chi connectivity index (χ1v) is 5.49. The molecule has 5 heteroatoms. The zero-order valence-corrected chi connectivity index (χ0v) is 7.56. The van der Waals surface area contributed by atoms with Gasteiger partial charge in [-0.3, -0.25) is 0 Å². The van der Waals surface area contributed by atoms with Crippen molar-refractivity contribution in [2.45, 2.75) is 13.3 Å². The van der Waals surface area contributed by atoms with Crippen molar-refractivity contribution in [3.63, 3.8) is 0 Å². The van der Waals surface area contributed by atoms with Crippen molar-refractivity contribution < 1.29 is 8.42 Å². The van der Waals surface area contributed by atoms with Gasteiger partial charge in [-0.25, -0.2) is 13.4 Å². The normalized spacial score (nSPS) is 24.9. The molecule has 0 amide bonds. The van der Waals surface area contributed by atoms with Crippen LogP contribution in [0.3, 0.4) is 0 Å². The first-order chi connectivity index (χ1) is 5.00. The number of aliphatic imine (C=N–C) groups is 1. The maximum atomic E-state index is 10.7. The first kappa shape index (κ1) is 8.74. The lowest BCUT2D eigenvalue weighted by molar-refractivity contribution is 0.617. The average molecular weight is 194 g/mol. The van der Waals surface area contributed by atoms with Crippen LogP contribution in [-0.4, -0.2) is 13.5 Å². The lowest BCUT2D eigenvalue weighted by Crippen LogP contribution is -2.13. The number of nitrogens with zero attached hydrogens (tertiary/aromatic N) is 1. The Morgan fingerprint density at radius 2 is 2.36 bits per heavy atom. The fraction of sp³-hybridized carbons (Fsp3) is 0.500. The molecule has 1 heterocycles. The highest BCUT2D eigenvalue weighted by atomic mass is 35.7. The van der Waals surface area contributed by atoms with Crippen molar-refractivity contribution >= 4 is 24.8 Å². The minimum atomic E-state index is -3.59. The molecule has 0 spiro atoms. The minimum absolute atomic E-state index is 0.0640. The molecule has 1 rings (SSSR count). The minimum Gasteiger partial charge on any atom is -0.248 e. The van der Waals surface area contributed by atoms with E-state index in [1.807, 2.05) is 13.0 Å². The van der Waals surface area contributed by atoms with Gasteiger partial charge >= 0.3 is 0 Å². The van der Waals surface area contributed by atoms with E-state index in [-0.39, 0.29) is 11.0 Å². The summed E-state index contributed by atoms with van der Waals surface area (Å²) in [5, 5.41) is 0.0640.